The summed E-state index contributed by atoms with van der Waals surface area (Å²) in [6, 6.07) is 12.5. The van der Waals surface area contributed by atoms with Gasteiger partial charge in [0, 0.05) is 17.9 Å². The van der Waals surface area contributed by atoms with Gasteiger partial charge in [-0.05, 0) is 48.1 Å². The summed E-state index contributed by atoms with van der Waals surface area (Å²) in [7, 11) is 0. The first-order valence-corrected chi connectivity index (χ1v) is 7.67. The molecule has 0 spiro atoms. The van der Waals surface area contributed by atoms with Gasteiger partial charge >= 0.3 is 0 Å². The highest BCUT2D eigenvalue weighted by atomic mass is 16.3. The Morgan fingerprint density at radius 2 is 2.10 bits per heavy atom. The first kappa shape index (κ1) is 14.1. The maximum absolute atomic E-state index is 9.48. The number of hydrogen-bond acceptors (Lipinski definition) is 3. The molecule has 3 heteroatoms. The highest BCUT2D eigenvalue weighted by molar-refractivity contribution is 5.66. The van der Waals surface area contributed by atoms with Gasteiger partial charge in [-0.3, -0.25) is 0 Å². The average Bonchev–Trinajstić information content (AvgIpc) is 2.53. The van der Waals surface area contributed by atoms with Crippen molar-refractivity contribution in [2.24, 2.45) is 5.92 Å². The highest BCUT2D eigenvalue weighted by Gasteiger charge is 2.23. The van der Waals surface area contributed by atoms with E-state index < -0.39 is 0 Å². The molecule has 1 aromatic carbocycles. The topological polar surface area (TPSA) is 36.4 Å². The second kappa shape index (κ2) is 5.86. The Kier molecular flexibility index (Phi) is 3.93. The molecule has 0 bridgehead atoms. The zero-order valence-corrected chi connectivity index (χ0v) is 12.7. The molecular weight excluding hydrogens is 260 g/mol. The van der Waals surface area contributed by atoms with Gasteiger partial charge in [-0.15, -0.1) is 0 Å². The Morgan fingerprint density at radius 3 is 2.86 bits per heavy atom. The third-order valence-electron chi connectivity index (χ3n) is 4.09. The van der Waals surface area contributed by atoms with Crippen molar-refractivity contribution in [2.75, 3.05) is 11.4 Å². The summed E-state index contributed by atoms with van der Waals surface area (Å²) in [5.74, 6) is 1.56. The second-order valence-corrected chi connectivity index (χ2v) is 5.89. The zero-order valence-electron chi connectivity index (χ0n) is 12.7. The van der Waals surface area contributed by atoms with Crippen LogP contribution in [0.4, 0.5) is 11.5 Å². The molecule has 3 nitrogen and oxygen atoms in total. The molecule has 0 amide bonds. The van der Waals surface area contributed by atoms with Crippen LogP contribution < -0.4 is 4.90 Å². The fourth-order valence-corrected chi connectivity index (χ4v) is 3.06. The number of fused-ring (bicyclic) bond motifs is 1. The number of benzene rings is 1. The molecule has 0 saturated carbocycles. The Hall–Kier alpha value is -1.87. The molecule has 1 aliphatic heterocycles. The van der Waals surface area contributed by atoms with E-state index in [2.05, 4.69) is 43.0 Å². The number of aliphatic hydroxyl groups excluding tert-OH is 1. The minimum Gasteiger partial charge on any atom is -0.392 e. The summed E-state index contributed by atoms with van der Waals surface area (Å²) in [6.07, 6.45) is 2.00. The molecule has 1 atom stereocenters. The SMILES string of the molecule is CCc1cc(CO)cc(N2CC(C)Cc3ccccc32)n1. The van der Waals surface area contributed by atoms with E-state index in [1.807, 2.05) is 12.1 Å². The van der Waals surface area contributed by atoms with Crippen molar-refractivity contribution in [2.45, 2.75) is 33.3 Å². The number of para-hydroxylation sites is 1. The van der Waals surface area contributed by atoms with E-state index in [4.69, 9.17) is 4.98 Å². The van der Waals surface area contributed by atoms with E-state index in [-0.39, 0.29) is 6.61 Å². The first-order chi connectivity index (χ1) is 10.2. The minimum absolute atomic E-state index is 0.0631. The Bertz CT molecular complexity index is 617. The van der Waals surface area contributed by atoms with Crippen LogP contribution in [0, 0.1) is 5.92 Å². The number of aliphatic hydroxyl groups is 1. The average molecular weight is 282 g/mol. The third-order valence-corrected chi connectivity index (χ3v) is 4.09. The lowest BCUT2D eigenvalue weighted by molar-refractivity contribution is 0.281. The van der Waals surface area contributed by atoms with Crippen molar-refractivity contribution in [3.8, 4) is 0 Å². The predicted molar refractivity (Wildman–Crippen MR) is 85.9 cm³/mol. The smallest absolute Gasteiger partial charge is 0.133 e. The predicted octanol–water partition coefficient (Wildman–Crippen LogP) is 3.47. The molecular formula is C18H22N2O. The number of aromatic nitrogens is 1. The van der Waals surface area contributed by atoms with E-state index in [9.17, 15) is 5.11 Å². The van der Waals surface area contributed by atoms with Gasteiger partial charge in [0.25, 0.3) is 0 Å². The van der Waals surface area contributed by atoms with Crippen LogP contribution >= 0.6 is 0 Å². The molecule has 0 saturated heterocycles. The van der Waals surface area contributed by atoms with Crippen LogP contribution in [-0.4, -0.2) is 16.6 Å². The Morgan fingerprint density at radius 1 is 1.29 bits per heavy atom. The Balaban J connectivity index is 2.08. The van der Waals surface area contributed by atoms with Crippen LogP contribution in [0.3, 0.4) is 0 Å². The summed E-state index contributed by atoms with van der Waals surface area (Å²) in [5, 5.41) is 9.48. The monoisotopic (exact) mass is 282 g/mol. The van der Waals surface area contributed by atoms with Crippen molar-refractivity contribution < 1.29 is 5.11 Å². The van der Waals surface area contributed by atoms with E-state index in [0.717, 1.165) is 36.5 Å². The molecule has 0 aliphatic carbocycles. The standard InChI is InChI=1S/C18H22N2O/c1-3-16-9-14(12-21)10-18(19-16)20-11-13(2)8-15-6-4-5-7-17(15)20/h4-7,9-10,13,21H,3,8,11-12H2,1-2H3. The molecule has 21 heavy (non-hydrogen) atoms. The quantitative estimate of drug-likeness (QED) is 0.936. The number of nitrogens with zero attached hydrogens (tertiary/aromatic N) is 2. The van der Waals surface area contributed by atoms with E-state index in [1.165, 1.54) is 11.3 Å². The van der Waals surface area contributed by atoms with Crippen LogP contribution in [0.1, 0.15) is 30.7 Å². The van der Waals surface area contributed by atoms with Crippen LogP contribution in [0.25, 0.3) is 0 Å². The number of pyridine rings is 1. The number of rotatable bonds is 3. The Labute approximate surface area is 126 Å². The molecule has 1 aliphatic rings. The molecule has 0 fully saturated rings. The maximum atomic E-state index is 9.48. The lowest BCUT2D eigenvalue weighted by Gasteiger charge is -2.34. The third kappa shape index (κ3) is 2.79. The number of hydrogen-bond donors (Lipinski definition) is 1. The largest absolute Gasteiger partial charge is 0.392 e. The highest BCUT2D eigenvalue weighted by Crippen LogP contribution is 2.34. The summed E-state index contributed by atoms with van der Waals surface area (Å²) < 4.78 is 0. The van der Waals surface area contributed by atoms with Crippen LogP contribution in [0.2, 0.25) is 0 Å². The van der Waals surface area contributed by atoms with Crippen molar-refractivity contribution in [1.29, 1.82) is 0 Å². The van der Waals surface area contributed by atoms with Crippen LogP contribution in [-0.2, 0) is 19.4 Å². The molecule has 2 aromatic rings. The lowest BCUT2D eigenvalue weighted by Crippen LogP contribution is -2.31. The van der Waals surface area contributed by atoms with Gasteiger partial charge < -0.3 is 10.0 Å². The van der Waals surface area contributed by atoms with Gasteiger partial charge in [-0.1, -0.05) is 32.0 Å². The van der Waals surface area contributed by atoms with E-state index >= 15 is 0 Å². The number of anilines is 2. The van der Waals surface area contributed by atoms with Gasteiger partial charge in [0.1, 0.15) is 5.82 Å². The molecule has 3 rings (SSSR count). The van der Waals surface area contributed by atoms with E-state index in [1.54, 1.807) is 0 Å². The first-order valence-electron chi connectivity index (χ1n) is 7.67. The number of aryl methyl sites for hydroxylation is 1. The van der Waals surface area contributed by atoms with Crippen molar-refractivity contribution >= 4 is 11.5 Å². The van der Waals surface area contributed by atoms with Crippen molar-refractivity contribution in [3.63, 3.8) is 0 Å². The van der Waals surface area contributed by atoms with Crippen molar-refractivity contribution in [3.05, 3.63) is 53.2 Å². The molecule has 2 heterocycles. The molecule has 1 unspecified atom stereocenters. The van der Waals surface area contributed by atoms with Gasteiger partial charge in [0.05, 0.1) is 6.61 Å². The fraction of sp³-hybridized carbons (Fsp3) is 0.389. The summed E-state index contributed by atoms with van der Waals surface area (Å²) in [4.78, 5) is 7.07. The molecule has 110 valence electrons. The van der Waals surface area contributed by atoms with Gasteiger partial charge in [0.2, 0.25) is 0 Å². The normalized spacial score (nSPS) is 17.7. The maximum Gasteiger partial charge on any atom is 0.133 e. The van der Waals surface area contributed by atoms with E-state index in [0.29, 0.717) is 5.92 Å². The summed E-state index contributed by atoms with van der Waals surface area (Å²) in [6.45, 7) is 5.41. The minimum atomic E-state index is 0.0631. The van der Waals surface area contributed by atoms with Gasteiger partial charge in [-0.2, -0.15) is 0 Å². The zero-order chi connectivity index (χ0) is 14.8. The molecule has 1 aromatic heterocycles. The van der Waals surface area contributed by atoms with Crippen LogP contribution in [0.15, 0.2) is 36.4 Å². The molecule has 1 N–H and O–H groups in total. The van der Waals surface area contributed by atoms with Crippen LogP contribution in [0.5, 0.6) is 0 Å². The lowest BCUT2D eigenvalue weighted by atomic mass is 9.94. The van der Waals surface area contributed by atoms with Crippen molar-refractivity contribution in [1.82, 2.24) is 4.98 Å². The molecule has 0 radical (unpaired) electrons. The van der Waals surface area contributed by atoms with Gasteiger partial charge in [-0.25, -0.2) is 4.98 Å². The van der Waals surface area contributed by atoms with Gasteiger partial charge in [0.15, 0.2) is 0 Å². The summed E-state index contributed by atoms with van der Waals surface area (Å²) in [5.41, 5.74) is 4.60. The second-order valence-electron chi connectivity index (χ2n) is 5.89. The fourth-order valence-electron chi connectivity index (χ4n) is 3.06. The summed E-state index contributed by atoms with van der Waals surface area (Å²) >= 11 is 0.